The van der Waals surface area contributed by atoms with E-state index in [0.717, 1.165) is 63.0 Å². The summed E-state index contributed by atoms with van der Waals surface area (Å²) in [5, 5.41) is 0. The molecule has 1 fully saturated rings. The lowest BCUT2D eigenvalue weighted by molar-refractivity contribution is -0.0193. The number of hydrogen-bond acceptors (Lipinski definition) is 5. The van der Waals surface area contributed by atoms with Crippen LogP contribution in [0.5, 0.6) is 5.75 Å². The maximum Gasteiger partial charge on any atom is 0.119 e. The fourth-order valence-corrected chi connectivity index (χ4v) is 5.18. The molecular weight excluding hydrogens is 408 g/mol. The molecule has 2 aliphatic heterocycles. The Kier molecular flexibility index (Phi) is 7.43. The number of morpholine rings is 1. The molecule has 0 spiro atoms. The van der Waals surface area contributed by atoms with Gasteiger partial charge in [-0.05, 0) is 61.3 Å². The summed E-state index contributed by atoms with van der Waals surface area (Å²) in [6, 6.07) is 14.8. The SMILES string of the molecule is CC1CN(CCCOc2ccc3c(c2)CN(C)CC3c2ccc(S(C)=O)cc2)CCO1. The van der Waals surface area contributed by atoms with Gasteiger partial charge in [-0.15, -0.1) is 0 Å². The van der Waals surface area contributed by atoms with Crippen molar-refractivity contribution in [1.29, 1.82) is 0 Å². The summed E-state index contributed by atoms with van der Waals surface area (Å²) in [5.74, 6) is 1.28. The minimum Gasteiger partial charge on any atom is -0.494 e. The number of hydrogen-bond donors (Lipinski definition) is 0. The lowest BCUT2D eigenvalue weighted by Gasteiger charge is -2.33. The van der Waals surface area contributed by atoms with Crippen molar-refractivity contribution < 1.29 is 13.7 Å². The van der Waals surface area contributed by atoms with Crippen molar-refractivity contribution in [2.45, 2.75) is 36.8 Å². The third-order valence-electron chi connectivity index (χ3n) is 6.25. The van der Waals surface area contributed by atoms with Gasteiger partial charge in [0.2, 0.25) is 0 Å². The van der Waals surface area contributed by atoms with E-state index in [2.05, 4.69) is 54.1 Å². The molecule has 5 nitrogen and oxygen atoms in total. The first-order valence-corrected chi connectivity index (χ1v) is 12.8. The summed E-state index contributed by atoms with van der Waals surface area (Å²) in [4.78, 5) is 5.70. The minimum absolute atomic E-state index is 0.324. The van der Waals surface area contributed by atoms with Crippen LogP contribution in [0.4, 0.5) is 0 Å². The molecule has 0 radical (unpaired) electrons. The van der Waals surface area contributed by atoms with Gasteiger partial charge in [-0.2, -0.15) is 0 Å². The van der Waals surface area contributed by atoms with Crippen molar-refractivity contribution in [3.05, 3.63) is 59.2 Å². The Morgan fingerprint density at radius 3 is 2.71 bits per heavy atom. The van der Waals surface area contributed by atoms with Gasteiger partial charge >= 0.3 is 0 Å². The number of fused-ring (bicyclic) bond motifs is 1. The topological polar surface area (TPSA) is 42.0 Å². The zero-order valence-electron chi connectivity index (χ0n) is 18.9. The molecule has 0 amide bonds. The van der Waals surface area contributed by atoms with Crippen molar-refractivity contribution in [1.82, 2.24) is 9.80 Å². The highest BCUT2D eigenvalue weighted by Gasteiger charge is 2.25. The number of rotatable bonds is 7. The molecule has 0 saturated carbocycles. The molecule has 2 aliphatic rings. The molecule has 6 heteroatoms. The molecule has 0 bridgehead atoms. The summed E-state index contributed by atoms with van der Waals surface area (Å²) >= 11 is 0. The van der Waals surface area contributed by atoms with E-state index in [1.54, 1.807) is 6.26 Å². The summed E-state index contributed by atoms with van der Waals surface area (Å²) in [5.41, 5.74) is 3.98. The molecule has 2 aromatic carbocycles. The Bertz CT molecular complexity index is 902. The average Bonchev–Trinajstić information content (AvgIpc) is 2.76. The van der Waals surface area contributed by atoms with Crippen LogP contribution in [0.2, 0.25) is 0 Å². The summed E-state index contributed by atoms with van der Waals surface area (Å²) in [6.07, 6.45) is 3.08. The van der Waals surface area contributed by atoms with Crippen LogP contribution in [0.1, 0.15) is 36.0 Å². The average molecular weight is 443 g/mol. The van der Waals surface area contributed by atoms with E-state index in [0.29, 0.717) is 12.0 Å². The van der Waals surface area contributed by atoms with E-state index in [1.165, 1.54) is 16.7 Å². The van der Waals surface area contributed by atoms with Gasteiger partial charge in [0, 0.05) is 60.6 Å². The Morgan fingerprint density at radius 2 is 1.97 bits per heavy atom. The second-order valence-electron chi connectivity index (χ2n) is 8.82. The van der Waals surface area contributed by atoms with Crippen LogP contribution in [0.25, 0.3) is 0 Å². The fraction of sp³-hybridized carbons (Fsp3) is 0.520. The lowest BCUT2D eigenvalue weighted by Crippen LogP contribution is -2.41. The molecule has 1 saturated heterocycles. The highest BCUT2D eigenvalue weighted by molar-refractivity contribution is 7.84. The number of benzene rings is 2. The van der Waals surface area contributed by atoms with E-state index in [9.17, 15) is 4.21 Å². The zero-order valence-corrected chi connectivity index (χ0v) is 19.7. The van der Waals surface area contributed by atoms with Gasteiger partial charge in [0.1, 0.15) is 5.75 Å². The quantitative estimate of drug-likeness (QED) is 0.614. The van der Waals surface area contributed by atoms with Crippen molar-refractivity contribution in [3.8, 4) is 5.75 Å². The van der Waals surface area contributed by atoms with Gasteiger partial charge in [0.15, 0.2) is 0 Å². The normalized spacial score (nSPS) is 23.3. The molecule has 2 aromatic rings. The van der Waals surface area contributed by atoms with Gasteiger partial charge in [0.25, 0.3) is 0 Å². The Labute approximate surface area is 188 Å². The largest absolute Gasteiger partial charge is 0.494 e. The summed E-state index contributed by atoms with van der Waals surface area (Å²) in [6.45, 7) is 8.72. The van der Waals surface area contributed by atoms with Crippen LogP contribution < -0.4 is 4.74 Å². The Hall–Kier alpha value is -1.73. The van der Waals surface area contributed by atoms with Crippen LogP contribution in [0.3, 0.4) is 0 Å². The minimum atomic E-state index is -0.942. The maximum absolute atomic E-state index is 11.7. The van der Waals surface area contributed by atoms with E-state index >= 15 is 0 Å². The molecule has 3 atom stereocenters. The molecule has 0 aliphatic carbocycles. The highest BCUT2D eigenvalue weighted by Crippen LogP contribution is 2.35. The predicted octanol–water partition coefficient (Wildman–Crippen LogP) is 3.49. The lowest BCUT2D eigenvalue weighted by atomic mass is 9.85. The first-order chi connectivity index (χ1) is 15.0. The monoisotopic (exact) mass is 442 g/mol. The van der Waals surface area contributed by atoms with Crippen molar-refractivity contribution in [3.63, 3.8) is 0 Å². The van der Waals surface area contributed by atoms with Crippen LogP contribution in [-0.4, -0.2) is 72.8 Å². The van der Waals surface area contributed by atoms with Crippen LogP contribution in [-0.2, 0) is 22.1 Å². The van der Waals surface area contributed by atoms with Gasteiger partial charge in [0.05, 0.1) is 19.3 Å². The van der Waals surface area contributed by atoms with Crippen molar-refractivity contribution in [2.75, 3.05) is 52.7 Å². The van der Waals surface area contributed by atoms with Crippen molar-refractivity contribution >= 4 is 10.8 Å². The fourth-order valence-electron chi connectivity index (χ4n) is 4.66. The Morgan fingerprint density at radius 1 is 1.16 bits per heavy atom. The van der Waals surface area contributed by atoms with Crippen LogP contribution >= 0.6 is 0 Å². The van der Waals surface area contributed by atoms with Gasteiger partial charge in [-0.3, -0.25) is 9.11 Å². The second-order valence-corrected chi connectivity index (χ2v) is 10.2. The first kappa shape index (κ1) is 22.5. The van der Waals surface area contributed by atoms with Gasteiger partial charge < -0.3 is 14.4 Å². The molecule has 31 heavy (non-hydrogen) atoms. The van der Waals surface area contributed by atoms with E-state index in [4.69, 9.17) is 9.47 Å². The third kappa shape index (κ3) is 5.75. The highest BCUT2D eigenvalue weighted by atomic mass is 32.2. The predicted molar refractivity (Wildman–Crippen MR) is 125 cm³/mol. The molecule has 2 heterocycles. The van der Waals surface area contributed by atoms with E-state index < -0.39 is 10.8 Å². The van der Waals surface area contributed by atoms with Crippen LogP contribution in [0.15, 0.2) is 47.4 Å². The first-order valence-electron chi connectivity index (χ1n) is 11.2. The van der Waals surface area contributed by atoms with Crippen LogP contribution in [0, 0.1) is 0 Å². The summed E-state index contributed by atoms with van der Waals surface area (Å²) < 4.78 is 23.4. The standard InChI is InChI=1S/C25H34N2O3S/c1-19-16-27(12-14-29-19)11-4-13-30-22-7-10-24-21(15-22)17-26(2)18-25(24)20-5-8-23(9-6-20)31(3)28/h5-10,15,19,25H,4,11-14,16-18H2,1-3H3. The molecule has 0 N–H and O–H groups in total. The third-order valence-corrected chi connectivity index (χ3v) is 7.19. The second kappa shape index (κ2) is 10.3. The summed E-state index contributed by atoms with van der Waals surface area (Å²) in [7, 11) is 1.23. The number of likely N-dealkylation sites (N-methyl/N-ethyl adjacent to an activating group) is 1. The number of ether oxygens (including phenoxy) is 2. The van der Waals surface area contributed by atoms with E-state index in [1.807, 2.05) is 12.1 Å². The molecule has 0 aromatic heterocycles. The van der Waals surface area contributed by atoms with E-state index in [-0.39, 0.29) is 0 Å². The molecule has 4 rings (SSSR count). The number of nitrogens with zero attached hydrogens (tertiary/aromatic N) is 2. The zero-order chi connectivity index (χ0) is 21.8. The van der Waals surface area contributed by atoms with Gasteiger partial charge in [-0.1, -0.05) is 18.2 Å². The smallest absolute Gasteiger partial charge is 0.119 e. The molecular formula is C25H34N2O3S. The molecule has 3 unspecified atom stereocenters. The Balaban J connectivity index is 1.39. The van der Waals surface area contributed by atoms with Crippen molar-refractivity contribution in [2.24, 2.45) is 0 Å². The van der Waals surface area contributed by atoms with Gasteiger partial charge in [-0.25, -0.2) is 0 Å². The molecule has 168 valence electrons. The maximum atomic E-state index is 11.7.